The lowest BCUT2D eigenvalue weighted by Gasteiger charge is -2.13. The van der Waals surface area contributed by atoms with Crippen LogP contribution in [0, 0.1) is 0 Å². The number of hydrogen-bond acceptors (Lipinski definition) is 3. The van der Waals surface area contributed by atoms with Gasteiger partial charge in [0.1, 0.15) is 0 Å². The van der Waals surface area contributed by atoms with Gasteiger partial charge in [-0.15, -0.1) is 12.4 Å². The first-order valence-electron chi connectivity index (χ1n) is 4.90. The molecule has 0 aromatic heterocycles. The smallest absolute Gasteiger partial charge is 0.307 e. The SMILES string of the molecule is CCOC(=O)C[C@@H](N)c1cc(Br)ccc1Br.Cl. The molecule has 0 aliphatic rings. The molecule has 0 unspecified atom stereocenters. The van der Waals surface area contributed by atoms with Crippen molar-refractivity contribution in [3.8, 4) is 0 Å². The number of ether oxygens (including phenoxy) is 1. The Labute approximate surface area is 124 Å². The minimum Gasteiger partial charge on any atom is -0.466 e. The van der Waals surface area contributed by atoms with Crippen LogP contribution in [0.1, 0.15) is 24.9 Å². The molecule has 2 N–H and O–H groups in total. The summed E-state index contributed by atoms with van der Waals surface area (Å²) in [7, 11) is 0. The number of halogens is 3. The van der Waals surface area contributed by atoms with E-state index in [0.717, 1.165) is 14.5 Å². The van der Waals surface area contributed by atoms with E-state index in [-0.39, 0.29) is 30.8 Å². The Hall–Kier alpha value is -0.100. The highest BCUT2D eigenvalue weighted by Gasteiger charge is 2.15. The highest BCUT2D eigenvalue weighted by atomic mass is 79.9. The van der Waals surface area contributed by atoms with Crippen molar-refractivity contribution in [2.24, 2.45) is 5.73 Å². The summed E-state index contributed by atoms with van der Waals surface area (Å²) < 4.78 is 6.69. The molecule has 1 aromatic rings. The molecule has 0 fully saturated rings. The Morgan fingerprint density at radius 1 is 1.47 bits per heavy atom. The summed E-state index contributed by atoms with van der Waals surface area (Å²) in [6.45, 7) is 2.16. The van der Waals surface area contributed by atoms with Gasteiger partial charge in [-0.25, -0.2) is 0 Å². The fourth-order valence-electron chi connectivity index (χ4n) is 1.31. The third kappa shape index (κ3) is 5.38. The van der Waals surface area contributed by atoms with E-state index in [4.69, 9.17) is 10.5 Å². The molecule has 0 radical (unpaired) electrons. The standard InChI is InChI=1S/C11H13Br2NO2.ClH/c1-2-16-11(15)6-10(14)8-5-7(12)3-4-9(8)13;/h3-5,10H,2,6,14H2,1H3;1H/t10-;/m1./s1. The van der Waals surface area contributed by atoms with Crippen molar-refractivity contribution in [1.29, 1.82) is 0 Å². The molecule has 0 aliphatic carbocycles. The van der Waals surface area contributed by atoms with Crippen molar-refractivity contribution in [3.63, 3.8) is 0 Å². The third-order valence-electron chi connectivity index (χ3n) is 2.05. The quantitative estimate of drug-likeness (QED) is 0.804. The van der Waals surface area contributed by atoms with Crippen molar-refractivity contribution in [2.45, 2.75) is 19.4 Å². The molecule has 0 aliphatic heterocycles. The summed E-state index contributed by atoms with van der Waals surface area (Å²) in [5.41, 5.74) is 6.84. The molecule has 0 amide bonds. The predicted octanol–water partition coefficient (Wildman–Crippen LogP) is 3.59. The van der Waals surface area contributed by atoms with E-state index in [2.05, 4.69) is 31.9 Å². The maximum absolute atomic E-state index is 11.3. The lowest BCUT2D eigenvalue weighted by molar-refractivity contribution is -0.143. The number of carbonyl (C=O) groups excluding carboxylic acids is 1. The van der Waals surface area contributed by atoms with E-state index in [1.165, 1.54) is 0 Å². The molecular formula is C11H14Br2ClNO2. The number of benzene rings is 1. The van der Waals surface area contributed by atoms with Crippen LogP contribution in [0.15, 0.2) is 27.1 Å². The number of rotatable bonds is 4. The first-order chi connectivity index (χ1) is 7.54. The Bertz CT molecular complexity index is 388. The monoisotopic (exact) mass is 385 g/mol. The van der Waals surface area contributed by atoms with Crippen molar-refractivity contribution in [2.75, 3.05) is 6.61 Å². The van der Waals surface area contributed by atoms with Crippen LogP contribution < -0.4 is 5.73 Å². The molecule has 17 heavy (non-hydrogen) atoms. The van der Waals surface area contributed by atoms with Crippen molar-refractivity contribution < 1.29 is 9.53 Å². The summed E-state index contributed by atoms with van der Waals surface area (Å²) in [4.78, 5) is 11.3. The summed E-state index contributed by atoms with van der Waals surface area (Å²) >= 11 is 6.78. The van der Waals surface area contributed by atoms with E-state index < -0.39 is 0 Å². The van der Waals surface area contributed by atoms with Crippen molar-refractivity contribution in [1.82, 2.24) is 0 Å². The van der Waals surface area contributed by atoms with Crippen LogP contribution in [0.2, 0.25) is 0 Å². The highest BCUT2D eigenvalue weighted by molar-refractivity contribution is 9.11. The molecular weight excluding hydrogens is 373 g/mol. The molecule has 1 aromatic carbocycles. The van der Waals surface area contributed by atoms with Crippen LogP contribution >= 0.6 is 44.3 Å². The van der Waals surface area contributed by atoms with Gasteiger partial charge >= 0.3 is 5.97 Å². The zero-order valence-electron chi connectivity index (χ0n) is 9.28. The number of nitrogens with two attached hydrogens (primary N) is 1. The molecule has 3 nitrogen and oxygen atoms in total. The van der Waals surface area contributed by atoms with Gasteiger partial charge in [0.25, 0.3) is 0 Å². The molecule has 6 heteroatoms. The van der Waals surface area contributed by atoms with Crippen LogP contribution in [0.5, 0.6) is 0 Å². The Morgan fingerprint density at radius 3 is 2.71 bits per heavy atom. The van der Waals surface area contributed by atoms with Crippen LogP contribution in [-0.4, -0.2) is 12.6 Å². The lowest BCUT2D eigenvalue weighted by atomic mass is 10.1. The van der Waals surface area contributed by atoms with E-state index in [9.17, 15) is 4.79 Å². The van der Waals surface area contributed by atoms with Gasteiger partial charge in [0, 0.05) is 15.0 Å². The van der Waals surface area contributed by atoms with Gasteiger partial charge in [0.15, 0.2) is 0 Å². The van der Waals surface area contributed by atoms with Crippen LogP contribution in [0.4, 0.5) is 0 Å². The molecule has 0 heterocycles. The molecule has 96 valence electrons. The normalized spacial score (nSPS) is 11.5. The second-order valence-electron chi connectivity index (χ2n) is 3.28. The largest absolute Gasteiger partial charge is 0.466 e. The van der Waals surface area contributed by atoms with E-state index in [1.54, 1.807) is 6.92 Å². The number of hydrogen-bond donors (Lipinski definition) is 1. The maximum atomic E-state index is 11.3. The van der Waals surface area contributed by atoms with Gasteiger partial charge in [-0.2, -0.15) is 0 Å². The minimum absolute atomic E-state index is 0. The second kappa shape index (κ2) is 8.08. The maximum Gasteiger partial charge on any atom is 0.307 e. The summed E-state index contributed by atoms with van der Waals surface area (Å²) in [6.07, 6.45) is 0.183. The second-order valence-corrected chi connectivity index (χ2v) is 5.05. The lowest BCUT2D eigenvalue weighted by Crippen LogP contribution is -2.17. The van der Waals surface area contributed by atoms with Crippen molar-refractivity contribution >= 4 is 50.2 Å². The average molecular weight is 387 g/mol. The van der Waals surface area contributed by atoms with E-state index in [0.29, 0.717) is 6.61 Å². The van der Waals surface area contributed by atoms with Crippen molar-refractivity contribution in [3.05, 3.63) is 32.7 Å². The average Bonchev–Trinajstić information content (AvgIpc) is 2.21. The number of esters is 1. The Kier molecular flexibility index (Phi) is 8.03. The molecule has 1 atom stereocenters. The number of carbonyl (C=O) groups is 1. The third-order valence-corrected chi connectivity index (χ3v) is 3.26. The van der Waals surface area contributed by atoms with Gasteiger partial charge in [0.05, 0.1) is 13.0 Å². The van der Waals surface area contributed by atoms with E-state index in [1.807, 2.05) is 18.2 Å². The molecule has 0 saturated heterocycles. The van der Waals surface area contributed by atoms with Crippen LogP contribution in [-0.2, 0) is 9.53 Å². The topological polar surface area (TPSA) is 52.3 Å². The molecule has 0 bridgehead atoms. The molecule has 1 rings (SSSR count). The van der Waals surface area contributed by atoms with Crippen LogP contribution in [0.25, 0.3) is 0 Å². The van der Waals surface area contributed by atoms with Gasteiger partial charge in [-0.3, -0.25) is 4.79 Å². The Morgan fingerprint density at radius 2 is 2.12 bits per heavy atom. The van der Waals surface area contributed by atoms with E-state index >= 15 is 0 Å². The van der Waals surface area contributed by atoms with Crippen LogP contribution in [0.3, 0.4) is 0 Å². The fourth-order valence-corrected chi connectivity index (χ4v) is 2.23. The Balaban J connectivity index is 0.00000256. The van der Waals surface area contributed by atoms with Gasteiger partial charge < -0.3 is 10.5 Å². The zero-order valence-corrected chi connectivity index (χ0v) is 13.3. The minimum atomic E-state index is -0.356. The predicted molar refractivity (Wildman–Crippen MR) is 77.3 cm³/mol. The first kappa shape index (κ1) is 16.9. The molecule has 0 saturated carbocycles. The molecule has 0 spiro atoms. The first-order valence-corrected chi connectivity index (χ1v) is 6.49. The van der Waals surface area contributed by atoms with Gasteiger partial charge in [0.2, 0.25) is 0 Å². The highest BCUT2D eigenvalue weighted by Crippen LogP contribution is 2.27. The van der Waals surface area contributed by atoms with Gasteiger partial charge in [-0.1, -0.05) is 31.9 Å². The summed E-state index contributed by atoms with van der Waals surface area (Å²) in [6, 6.07) is 5.34. The summed E-state index contributed by atoms with van der Waals surface area (Å²) in [5.74, 6) is -0.276. The zero-order chi connectivity index (χ0) is 12.1. The van der Waals surface area contributed by atoms with Gasteiger partial charge in [-0.05, 0) is 30.7 Å². The summed E-state index contributed by atoms with van der Waals surface area (Å²) in [5, 5.41) is 0. The fraction of sp³-hybridized carbons (Fsp3) is 0.364.